The van der Waals surface area contributed by atoms with E-state index in [0.29, 0.717) is 6.04 Å². The van der Waals surface area contributed by atoms with Crippen molar-refractivity contribution in [3.63, 3.8) is 0 Å². The molecule has 0 saturated carbocycles. The van der Waals surface area contributed by atoms with Crippen LogP contribution in [0.2, 0.25) is 0 Å². The largest absolute Gasteiger partial charge is 0.372 e. The number of hydrogen-bond acceptors (Lipinski definition) is 2. The van der Waals surface area contributed by atoms with E-state index in [-0.39, 0.29) is 0 Å². The van der Waals surface area contributed by atoms with Crippen LogP contribution in [0.1, 0.15) is 39.2 Å². The van der Waals surface area contributed by atoms with E-state index in [4.69, 9.17) is 0 Å². The Bertz CT molecular complexity index is 366. The quantitative estimate of drug-likeness (QED) is 0.812. The van der Waals surface area contributed by atoms with Gasteiger partial charge < -0.3 is 10.2 Å². The SMILES string of the molecule is CCCC(C)N(C)c1ccc(CNCC)c(Br)c1. The van der Waals surface area contributed by atoms with E-state index in [0.717, 1.165) is 13.1 Å². The van der Waals surface area contributed by atoms with Crippen LogP contribution in [-0.2, 0) is 6.54 Å². The third-order valence-electron chi connectivity index (χ3n) is 3.38. The summed E-state index contributed by atoms with van der Waals surface area (Å²) in [7, 11) is 2.17. The van der Waals surface area contributed by atoms with Crippen LogP contribution in [0.5, 0.6) is 0 Å². The number of nitrogens with one attached hydrogen (secondary N) is 1. The van der Waals surface area contributed by atoms with Gasteiger partial charge in [-0.05, 0) is 37.6 Å². The lowest BCUT2D eigenvalue weighted by Crippen LogP contribution is -2.28. The van der Waals surface area contributed by atoms with Crippen LogP contribution in [0.15, 0.2) is 22.7 Å². The summed E-state index contributed by atoms with van der Waals surface area (Å²) in [6.45, 7) is 8.57. The molecule has 0 heterocycles. The highest BCUT2D eigenvalue weighted by atomic mass is 79.9. The molecule has 1 aromatic rings. The second-order valence-electron chi connectivity index (χ2n) is 4.80. The number of rotatable bonds is 7. The van der Waals surface area contributed by atoms with Crippen molar-refractivity contribution in [3.05, 3.63) is 28.2 Å². The average Bonchev–Trinajstić information content (AvgIpc) is 2.36. The van der Waals surface area contributed by atoms with Crippen molar-refractivity contribution in [2.75, 3.05) is 18.5 Å². The molecule has 0 aliphatic rings. The van der Waals surface area contributed by atoms with Crippen molar-refractivity contribution >= 4 is 21.6 Å². The molecule has 0 radical (unpaired) electrons. The summed E-state index contributed by atoms with van der Waals surface area (Å²) in [4.78, 5) is 2.35. The molecule has 2 nitrogen and oxygen atoms in total. The van der Waals surface area contributed by atoms with Crippen LogP contribution in [-0.4, -0.2) is 19.6 Å². The van der Waals surface area contributed by atoms with E-state index in [2.05, 4.69) is 72.2 Å². The minimum atomic E-state index is 0.585. The lowest BCUT2D eigenvalue weighted by molar-refractivity contribution is 0.616. The van der Waals surface area contributed by atoms with Crippen LogP contribution in [0, 0.1) is 0 Å². The maximum absolute atomic E-state index is 3.67. The Kier molecular flexibility index (Phi) is 6.72. The molecule has 1 atom stereocenters. The first kappa shape index (κ1) is 15.5. The Morgan fingerprint density at radius 1 is 1.33 bits per heavy atom. The summed E-state index contributed by atoms with van der Waals surface area (Å²) >= 11 is 3.67. The molecule has 0 amide bonds. The van der Waals surface area contributed by atoms with Crippen molar-refractivity contribution in [3.8, 4) is 0 Å². The highest BCUT2D eigenvalue weighted by molar-refractivity contribution is 9.10. The third kappa shape index (κ3) is 4.29. The van der Waals surface area contributed by atoms with Gasteiger partial charge in [-0.25, -0.2) is 0 Å². The topological polar surface area (TPSA) is 15.3 Å². The lowest BCUT2D eigenvalue weighted by atomic mass is 10.1. The summed E-state index contributed by atoms with van der Waals surface area (Å²) in [5, 5.41) is 3.35. The van der Waals surface area contributed by atoms with Gasteiger partial charge in [-0.1, -0.05) is 42.3 Å². The van der Waals surface area contributed by atoms with Gasteiger partial charge in [0, 0.05) is 29.8 Å². The molecule has 3 heteroatoms. The van der Waals surface area contributed by atoms with Gasteiger partial charge in [-0.3, -0.25) is 0 Å². The normalized spacial score (nSPS) is 12.5. The van der Waals surface area contributed by atoms with Crippen molar-refractivity contribution in [1.29, 1.82) is 0 Å². The van der Waals surface area contributed by atoms with Gasteiger partial charge in [0.1, 0.15) is 0 Å². The second-order valence-corrected chi connectivity index (χ2v) is 5.66. The molecule has 1 aromatic carbocycles. The molecular formula is C15H25BrN2. The number of anilines is 1. The molecule has 1 rings (SSSR count). The van der Waals surface area contributed by atoms with E-state index in [1.807, 2.05) is 0 Å². The Labute approximate surface area is 120 Å². The van der Waals surface area contributed by atoms with E-state index in [9.17, 15) is 0 Å². The third-order valence-corrected chi connectivity index (χ3v) is 4.12. The van der Waals surface area contributed by atoms with Crippen molar-refractivity contribution in [1.82, 2.24) is 5.32 Å². The molecule has 0 aliphatic heterocycles. The van der Waals surface area contributed by atoms with Gasteiger partial charge in [0.25, 0.3) is 0 Å². The summed E-state index contributed by atoms with van der Waals surface area (Å²) in [6, 6.07) is 7.22. The zero-order valence-corrected chi connectivity index (χ0v) is 13.5. The van der Waals surface area contributed by atoms with Gasteiger partial charge in [0.15, 0.2) is 0 Å². The maximum atomic E-state index is 3.67. The summed E-state index contributed by atoms with van der Waals surface area (Å²) in [6.07, 6.45) is 2.46. The smallest absolute Gasteiger partial charge is 0.0377 e. The minimum absolute atomic E-state index is 0.585. The summed E-state index contributed by atoms with van der Waals surface area (Å²) < 4.78 is 1.19. The number of halogens is 1. The van der Waals surface area contributed by atoms with Crippen molar-refractivity contribution in [2.45, 2.75) is 46.2 Å². The zero-order valence-electron chi connectivity index (χ0n) is 12.0. The van der Waals surface area contributed by atoms with Gasteiger partial charge in [-0.15, -0.1) is 0 Å². The first-order chi connectivity index (χ1) is 8.60. The molecule has 0 spiro atoms. The first-order valence-corrected chi connectivity index (χ1v) is 7.61. The fourth-order valence-corrected chi connectivity index (χ4v) is 2.53. The molecule has 102 valence electrons. The molecule has 0 saturated heterocycles. The zero-order chi connectivity index (χ0) is 13.5. The van der Waals surface area contributed by atoms with E-state index in [1.165, 1.54) is 28.6 Å². The Balaban J connectivity index is 2.76. The highest BCUT2D eigenvalue weighted by Gasteiger charge is 2.10. The molecule has 1 N–H and O–H groups in total. The predicted octanol–water partition coefficient (Wildman–Crippen LogP) is 4.18. The number of hydrogen-bond donors (Lipinski definition) is 1. The van der Waals surface area contributed by atoms with E-state index >= 15 is 0 Å². The van der Waals surface area contributed by atoms with Gasteiger partial charge in [0.2, 0.25) is 0 Å². The Morgan fingerprint density at radius 2 is 2.06 bits per heavy atom. The number of nitrogens with zero attached hydrogens (tertiary/aromatic N) is 1. The Hall–Kier alpha value is -0.540. The average molecular weight is 313 g/mol. The van der Waals surface area contributed by atoms with Crippen molar-refractivity contribution in [2.24, 2.45) is 0 Å². The Morgan fingerprint density at radius 3 is 2.61 bits per heavy atom. The second kappa shape index (κ2) is 7.80. The van der Waals surface area contributed by atoms with E-state index < -0.39 is 0 Å². The van der Waals surface area contributed by atoms with Gasteiger partial charge in [-0.2, -0.15) is 0 Å². The molecule has 0 fully saturated rings. The molecule has 0 bridgehead atoms. The first-order valence-electron chi connectivity index (χ1n) is 6.82. The van der Waals surface area contributed by atoms with Crippen LogP contribution in [0.25, 0.3) is 0 Å². The van der Waals surface area contributed by atoms with Crippen LogP contribution >= 0.6 is 15.9 Å². The monoisotopic (exact) mass is 312 g/mol. The number of benzene rings is 1. The minimum Gasteiger partial charge on any atom is -0.372 e. The van der Waals surface area contributed by atoms with Crippen LogP contribution in [0.3, 0.4) is 0 Å². The fourth-order valence-electron chi connectivity index (χ4n) is 2.02. The lowest BCUT2D eigenvalue weighted by Gasteiger charge is -2.27. The summed E-state index contributed by atoms with van der Waals surface area (Å²) in [5.41, 5.74) is 2.60. The standard InChI is InChI=1S/C15H25BrN2/c1-5-7-12(3)18(4)14-9-8-13(11-17-6-2)15(16)10-14/h8-10,12,17H,5-7,11H2,1-4H3. The summed E-state index contributed by atoms with van der Waals surface area (Å²) in [5.74, 6) is 0. The molecular weight excluding hydrogens is 288 g/mol. The highest BCUT2D eigenvalue weighted by Crippen LogP contribution is 2.25. The fraction of sp³-hybridized carbons (Fsp3) is 0.600. The van der Waals surface area contributed by atoms with Crippen molar-refractivity contribution < 1.29 is 0 Å². The molecule has 18 heavy (non-hydrogen) atoms. The maximum Gasteiger partial charge on any atom is 0.0377 e. The molecule has 1 unspecified atom stereocenters. The van der Waals surface area contributed by atoms with Crippen LogP contribution in [0.4, 0.5) is 5.69 Å². The van der Waals surface area contributed by atoms with E-state index in [1.54, 1.807) is 0 Å². The van der Waals surface area contributed by atoms with Gasteiger partial charge in [0.05, 0.1) is 0 Å². The predicted molar refractivity (Wildman–Crippen MR) is 84.3 cm³/mol. The van der Waals surface area contributed by atoms with Gasteiger partial charge >= 0.3 is 0 Å². The van der Waals surface area contributed by atoms with Crippen LogP contribution < -0.4 is 10.2 Å². The molecule has 0 aromatic heterocycles. The molecule has 0 aliphatic carbocycles.